The molecule has 0 saturated heterocycles. The van der Waals surface area contributed by atoms with Crippen LogP contribution in [0.3, 0.4) is 0 Å². The van der Waals surface area contributed by atoms with Gasteiger partial charge in [0.2, 0.25) is 0 Å². The summed E-state index contributed by atoms with van der Waals surface area (Å²) in [7, 11) is 0. The molecule has 1 aromatic heterocycles. The first kappa shape index (κ1) is 9.32. The first-order valence-electron chi connectivity index (χ1n) is 2.30. The first-order chi connectivity index (χ1) is 4.30. The lowest BCUT2D eigenvalue weighted by Gasteiger charge is -1.86. The van der Waals surface area contributed by atoms with E-state index in [0.29, 0.717) is 0 Å². The minimum absolute atomic E-state index is 0. The predicted octanol–water partition coefficient (Wildman–Crippen LogP) is -0.741. The highest BCUT2D eigenvalue weighted by Gasteiger charge is 2.00. The molecule has 0 fully saturated rings. The normalized spacial score (nSPS) is 8.00. The van der Waals surface area contributed by atoms with Gasteiger partial charge in [0, 0.05) is 12.4 Å². The molecule has 0 spiro atoms. The molecule has 0 radical (unpaired) electrons. The maximum Gasteiger partial charge on any atom is 0.356 e. The van der Waals surface area contributed by atoms with Crippen LogP contribution in [0, 0.1) is 0 Å². The largest absolute Gasteiger partial charge is 0.476 e. The van der Waals surface area contributed by atoms with Crippen LogP contribution in [0.4, 0.5) is 0 Å². The monoisotopic (exact) mass is 150 g/mol. The quantitative estimate of drug-likeness (QED) is 0.536. The van der Waals surface area contributed by atoms with Crippen molar-refractivity contribution in [3.8, 4) is 0 Å². The number of hydrogen-bond donors (Lipinski definition) is 1. The van der Waals surface area contributed by atoms with Crippen molar-refractivity contribution < 1.29 is 9.90 Å². The Hall–Kier alpha value is -0.684. The van der Waals surface area contributed by atoms with Crippen LogP contribution < -0.4 is 0 Å². The van der Waals surface area contributed by atoms with Crippen molar-refractivity contribution in [2.75, 3.05) is 0 Å². The van der Waals surface area contributed by atoms with Crippen LogP contribution in [0.5, 0.6) is 0 Å². The second-order valence-corrected chi connectivity index (χ2v) is 1.40. The van der Waals surface area contributed by atoms with E-state index in [0.717, 1.165) is 0 Å². The fourth-order valence-corrected chi connectivity index (χ4v) is 0.410. The third-order valence-electron chi connectivity index (χ3n) is 0.782. The molecule has 0 aliphatic carbocycles. The van der Waals surface area contributed by atoms with Gasteiger partial charge in [0.15, 0.2) is 5.69 Å². The van der Waals surface area contributed by atoms with Gasteiger partial charge in [0.1, 0.15) is 0 Å². The van der Waals surface area contributed by atoms with E-state index in [-0.39, 0.29) is 28.7 Å². The average molecular weight is 150 g/mol. The topological polar surface area (TPSA) is 63.1 Å². The maximum atomic E-state index is 10.1. The van der Waals surface area contributed by atoms with Crippen molar-refractivity contribution in [3.05, 3.63) is 24.3 Å². The lowest BCUT2D eigenvalue weighted by atomic mass is 10.5. The van der Waals surface area contributed by atoms with Crippen molar-refractivity contribution in [3.63, 3.8) is 0 Å². The lowest BCUT2D eigenvalue weighted by Crippen LogP contribution is -1.99. The summed E-state index contributed by atoms with van der Waals surface area (Å²) in [5.41, 5.74) is -0.0301. The number of hydrogen-bond acceptors (Lipinski definition) is 3. The van der Waals surface area contributed by atoms with E-state index in [9.17, 15) is 4.79 Å². The van der Waals surface area contributed by atoms with Gasteiger partial charge in [0.05, 0.1) is 6.20 Å². The highest BCUT2D eigenvalue weighted by molar-refractivity contribution is 5.84. The Labute approximate surface area is 73.5 Å². The number of carboxylic acid groups (broad SMARTS) is 1. The molecule has 0 atom stereocenters. The van der Waals surface area contributed by atoms with Gasteiger partial charge in [-0.2, -0.15) is 0 Å². The van der Waals surface area contributed by atoms with E-state index in [1.165, 1.54) is 18.6 Å². The summed E-state index contributed by atoms with van der Waals surface area (Å²) in [4.78, 5) is 17.2. The van der Waals surface area contributed by atoms with E-state index in [4.69, 9.17) is 5.11 Å². The molecule has 0 amide bonds. The zero-order valence-electron chi connectivity index (χ0n) is 4.48. The van der Waals surface area contributed by atoms with Crippen LogP contribution >= 0.6 is 0 Å². The number of rotatable bonds is 1. The molecule has 50 valence electrons. The van der Waals surface area contributed by atoms with Crippen LogP contribution in [-0.4, -0.2) is 44.1 Å². The molecular weight excluding hydrogens is 144 g/mol. The summed E-state index contributed by atoms with van der Waals surface area (Å²) in [6.07, 6.45) is 3.96. The molecule has 0 aliphatic rings. The summed E-state index contributed by atoms with van der Waals surface area (Å²) in [6.45, 7) is 0. The molecule has 1 heterocycles. The fraction of sp³-hybridized carbons (Fsp3) is 0. The number of carbonyl (C=O) groups is 1. The molecule has 0 aliphatic heterocycles. The minimum atomic E-state index is -1.05. The van der Waals surface area contributed by atoms with Gasteiger partial charge in [-0.15, -0.1) is 0 Å². The van der Waals surface area contributed by atoms with Gasteiger partial charge in [-0.1, -0.05) is 0 Å². The lowest BCUT2D eigenvalue weighted by molar-refractivity contribution is 0.0690. The third-order valence-corrected chi connectivity index (χ3v) is 0.782. The van der Waals surface area contributed by atoms with Gasteiger partial charge < -0.3 is 5.11 Å². The van der Waals surface area contributed by atoms with Gasteiger partial charge in [-0.25, -0.2) is 9.78 Å². The summed E-state index contributed by atoms with van der Waals surface area (Å²) >= 11 is 0. The Morgan fingerprint density at radius 1 is 1.50 bits per heavy atom. The van der Waals surface area contributed by atoms with Crippen LogP contribution in [0.2, 0.25) is 0 Å². The smallest absolute Gasteiger partial charge is 0.356 e. The molecule has 1 aromatic rings. The zero-order valence-corrected chi connectivity index (χ0v) is 4.48. The van der Waals surface area contributed by atoms with Crippen molar-refractivity contribution in [1.29, 1.82) is 0 Å². The molecule has 10 heavy (non-hydrogen) atoms. The van der Waals surface area contributed by atoms with Crippen LogP contribution in [0.1, 0.15) is 10.5 Å². The second-order valence-electron chi connectivity index (χ2n) is 1.40. The van der Waals surface area contributed by atoms with E-state index >= 15 is 0 Å². The molecule has 4 nitrogen and oxygen atoms in total. The molecular formula is C5H6MgN2O2. The summed E-state index contributed by atoms with van der Waals surface area (Å²) < 4.78 is 0. The fourth-order valence-electron chi connectivity index (χ4n) is 0.410. The van der Waals surface area contributed by atoms with Crippen molar-refractivity contribution >= 4 is 29.0 Å². The minimum Gasteiger partial charge on any atom is -0.476 e. The SMILES string of the molecule is O=C(O)c1cnccn1.[MgH2]. The van der Waals surface area contributed by atoms with Crippen molar-refractivity contribution in [1.82, 2.24) is 9.97 Å². The average Bonchev–Trinajstić information content (AvgIpc) is 1.90. The van der Waals surface area contributed by atoms with E-state index in [1.54, 1.807) is 0 Å². The number of carboxylic acids is 1. The highest BCUT2D eigenvalue weighted by Crippen LogP contribution is 1.86. The Balaban J connectivity index is 0.000000810. The van der Waals surface area contributed by atoms with Crippen molar-refractivity contribution in [2.45, 2.75) is 0 Å². The molecule has 0 aromatic carbocycles. The molecule has 0 bridgehead atoms. The summed E-state index contributed by atoms with van der Waals surface area (Å²) in [5, 5.41) is 8.28. The van der Waals surface area contributed by atoms with Gasteiger partial charge in [0.25, 0.3) is 0 Å². The standard InChI is InChI=1S/C5H4N2O2.Mg.2H/c8-5(9)4-3-6-1-2-7-4;;;/h1-3H,(H,8,9);;;. The van der Waals surface area contributed by atoms with E-state index in [2.05, 4.69) is 9.97 Å². The third kappa shape index (κ3) is 2.28. The van der Waals surface area contributed by atoms with Gasteiger partial charge in [-0.3, -0.25) is 4.98 Å². The number of nitrogens with zero attached hydrogens (tertiary/aromatic N) is 2. The number of aromatic nitrogens is 2. The zero-order chi connectivity index (χ0) is 6.69. The summed E-state index contributed by atoms with van der Waals surface area (Å²) in [5.74, 6) is -1.05. The molecule has 0 unspecified atom stereocenters. The Morgan fingerprint density at radius 3 is 2.50 bits per heavy atom. The predicted molar refractivity (Wildman–Crippen MR) is 37.5 cm³/mol. The van der Waals surface area contributed by atoms with E-state index < -0.39 is 5.97 Å². The van der Waals surface area contributed by atoms with Crippen LogP contribution in [0.25, 0.3) is 0 Å². The number of aromatic carboxylic acids is 1. The molecule has 0 saturated carbocycles. The summed E-state index contributed by atoms with van der Waals surface area (Å²) in [6, 6.07) is 0. The Kier molecular flexibility index (Phi) is 3.90. The molecule has 1 rings (SSSR count). The Bertz CT molecular complexity index is 214. The first-order valence-corrected chi connectivity index (χ1v) is 2.30. The van der Waals surface area contributed by atoms with Gasteiger partial charge >= 0.3 is 29.0 Å². The van der Waals surface area contributed by atoms with Crippen LogP contribution in [0.15, 0.2) is 18.6 Å². The highest BCUT2D eigenvalue weighted by atomic mass is 24.3. The van der Waals surface area contributed by atoms with Crippen molar-refractivity contribution in [2.24, 2.45) is 0 Å². The maximum absolute atomic E-state index is 10.1. The molecule has 1 N–H and O–H groups in total. The Morgan fingerprint density at radius 2 is 2.20 bits per heavy atom. The second kappa shape index (κ2) is 4.18. The van der Waals surface area contributed by atoms with Gasteiger partial charge in [-0.05, 0) is 0 Å². The van der Waals surface area contributed by atoms with E-state index in [1.807, 2.05) is 0 Å². The molecule has 5 heteroatoms. The van der Waals surface area contributed by atoms with Crippen LogP contribution in [-0.2, 0) is 0 Å².